The minimum absolute atomic E-state index is 0.0123. The number of carbonyl (C=O) groups excluding carboxylic acids is 6. The zero-order chi connectivity index (χ0) is 49.5. The molecule has 0 aromatic heterocycles. The molecule has 0 heterocycles. The van der Waals surface area contributed by atoms with Gasteiger partial charge in [-0.3, -0.25) is 28.8 Å². The van der Waals surface area contributed by atoms with Gasteiger partial charge in [0.25, 0.3) is 23.6 Å². The van der Waals surface area contributed by atoms with Gasteiger partial charge in [0.05, 0.1) is 46.1 Å². The highest BCUT2D eigenvalue weighted by Crippen LogP contribution is 2.33. The Balaban J connectivity index is 1.25. The second-order valence-electron chi connectivity index (χ2n) is 14.4. The first kappa shape index (κ1) is 52.5. The van der Waals surface area contributed by atoms with Crippen molar-refractivity contribution in [2.24, 2.45) is 20.5 Å². The second kappa shape index (κ2) is 25.1. The first-order valence-corrected chi connectivity index (χ1v) is 22.9. The van der Waals surface area contributed by atoms with Crippen molar-refractivity contribution in [1.82, 2.24) is 0 Å². The van der Waals surface area contributed by atoms with E-state index in [1.165, 1.54) is 54.6 Å². The van der Waals surface area contributed by atoms with E-state index < -0.39 is 47.3 Å². The van der Waals surface area contributed by atoms with E-state index >= 15 is 0 Å². The lowest BCUT2D eigenvalue weighted by Crippen LogP contribution is -2.32. The number of carbonyl (C=O) groups is 6. The van der Waals surface area contributed by atoms with Crippen molar-refractivity contribution in [2.75, 3.05) is 34.5 Å². The molecule has 2 atom stereocenters. The van der Waals surface area contributed by atoms with Crippen LogP contribution in [0, 0.1) is 0 Å². The zero-order valence-corrected chi connectivity index (χ0v) is 40.6. The minimum Gasteiger partial charge on any atom is -0.494 e. The average Bonchev–Trinajstić information content (AvgIpc) is 3.31. The summed E-state index contributed by atoms with van der Waals surface area (Å²) in [5.41, 5.74) is 3.02. The summed E-state index contributed by atoms with van der Waals surface area (Å²) in [6, 6.07) is 19.9. The Kier molecular flexibility index (Phi) is 19.4. The van der Waals surface area contributed by atoms with Gasteiger partial charge in [0.15, 0.2) is 11.6 Å². The molecule has 0 saturated heterocycles. The van der Waals surface area contributed by atoms with E-state index in [-0.39, 0.29) is 61.6 Å². The third-order valence-electron chi connectivity index (χ3n) is 9.57. The Morgan fingerprint density at radius 2 is 0.926 bits per heavy atom. The molecule has 5 aromatic carbocycles. The molecular weight excluding hydrogens is 982 g/mol. The fourth-order valence-corrected chi connectivity index (χ4v) is 7.39. The molecule has 16 nitrogen and oxygen atoms in total. The smallest absolute Gasteiger partial charge is 0.258 e. The number of Topliss-reactive ketones (excluding diaryl/α,β-unsaturated/α-hetero) is 2. The molecule has 0 fully saturated rings. The lowest BCUT2D eigenvalue weighted by Gasteiger charge is -2.15. The van der Waals surface area contributed by atoms with Crippen LogP contribution < -0.4 is 30.7 Å². The molecule has 0 saturated carbocycles. The van der Waals surface area contributed by atoms with Crippen LogP contribution >= 0.6 is 58.0 Å². The van der Waals surface area contributed by atoms with E-state index in [1.807, 2.05) is 13.8 Å². The van der Waals surface area contributed by atoms with Crippen molar-refractivity contribution in [1.29, 1.82) is 0 Å². The first-order chi connectivity index (χ1) is 32.6. The Bertz CT molecular complexity index is 2790. The van der Waals surface area contributed by atoms with E-state index in [1.54, 1.807) is 36.4 Å². The van der Waals surface area contributed by atoms with Crippen LogP contribution in [0.4, 0.5) is 34.1 Å². The molecule has 4 N–H and O–H groups in total. The summed E-state index contributed by atoms with van der Waals surface area (Å²) < 4.78 is 11.1. The molecule has 354 valence electrons. The summed E-state index contributed by atoms with van der Waals surface area (Å²) in [7, 11) is 0. The van der Waals surface area contributed by atoms with Crippen LogP contribution in [0.15, 0.2) is 111 Å². The Morgan fingerprint density at radius 3 is 1.34 bits per heavy atom. The molecule has 4 amide bonds. The maximum absolute atomic E-state index is 13.4. The van der Waals surface area contributed by atoms with Gasteiger partial charge in [-0.05, 0) is 112 Å². The van der Waals surface area contributed by atoms with Gasteiger partial charge in [-0.1, -0.05) is 35.3 Å². The number of ether oxygens (including phenoxy) is 2. The SMILES string of the molecule is CCOc1ccc(NC(=O)c2cccc(N=NC(C(C)=O)C(=O)Nc3ccc(NC(=O)C(N=Nc4cccc(C(=O)Nc5ccc(OCC)c(CCl)c5)c4Cl)C(C)=O)c(CCl)c3)c2Cl)cc1CCl. The Morgan fingerprint density at radius 1 is 0.529 bits per heavy atom. The first-order valence-electron chi connectivity index (χ1n) is 20.6. The fraction of sp³-hybridized carbons (Fsp3) is 0.234. The number of nitrogens with zero attached hydrogens (tertiary/aromatic N) is 4. The number of benzene rings is 5. The number of hydrogen-bond donors (Lipinski definition) is 4. The van der Waals surface area contributed by atoms with Crippen LogP contribution in [0.1, 0.15) is 65.1 Å². The summed E-state index contributed by atoms with van der Waals surface area (Å²) in [6.07, 6.45) is 0. The van der Waals surface area contributed by atoms with Gasteiger partial charge in [0, 0.05) is 39.8 Å². The van der Waals surface area contributed by atoms with Crippen molar-refractivity contribution < 1.29 is 38.2 Å². The monoisotopic (exact) mass is 1020 g/mol. The van der Waals surface area contributed by atoms with Crippen molar-refractivity contribution in [3.63, 3.8) is 0 Å². The summed E-state index contributed by atoms with van der Waals surface area (Å²) in [5.74, 6) is -2.85. The van der Waals surface area contributed by atoms with Gasteiger partial charge < -0.3 is 30.7 Å². The van der Waals surface area contributed by atoms with Gasteiger partial charge in [-0.25, -0.2) is 0 Å². The van der Waals surface area contributed by atoms with Gasteiger partial charge in [-0.2, -0.15) is 20.5 Å². The van der Waals surface area contributed by atoms with Crippen LogP contribution in [-0.4, -0.2) is 60.5 Å². The summed E-state index contributed by atoms with van der Waals surface area (Å²) in [4.78, 5) is 78.6. The number of halogens is 5. The molecule has 0 bridgehead atoms. The minimum atomic E-state index is -1.64. The van der Waals surface area contributed by atoms with Crippen LogP contribution in [0.2, 0.25) is 10.0 Å². The fourth-order valence-electron chi connectivity index (χ4n) is 6.25. The molecular formula is C47H43Cl5N8O8. The van der Waals surface area contributed by atoms with Gasteiger partial charge in [0.1, 0.15) is 22.9 Å². The highest BCUT2D eigenvalue weighted by Gasteiger charge is 2.27. The Labute approximate surface area is 416 Å². The molecule has 21 heteroatoms. The molecule has 0 spiro atoms. The lowest BCUT2D eigenvalue weighted by atomic mass is 10.1. The molecule has 0 aliphatic carbocycles. The predicted molar refractivity (Wildman–Crippen MR) is 264 cm³/mol. The maximum atomic E-state index is 13.4. The van der Waals surface area contributed by atoms with Crippen LogP contribution in [0.25, 0.3) is 0 Å². The molecule has 2 unspecified atom stereocenters. The van der Waals surface area contributed by atoms with Crippen molar-refractivity contribution >= 4 is 127 Å². The van der Waals surface area contributed by atoms with Crippen molar-refractivity contribution in [2.45, 2.75) is 57.4 Å². The number of amides is 4. The van der Waals surface area contributed by atoms with E-state index in [0.29, 0.717) is 52.8 Å². The Hall–Kier alpha value is -6.43. The number of azo groups is 2. The number of anilines is 4. The third-order valence-corrected chi connectivity index (χ3v) is 11.2. The highest BCUT2D eigenvalue weighted by atomic mass is 35.5. The van der Waals surface area contributed by atoms with E-state index in [2.05, 4.69) is 41.7 Å². The topological polar surface area (TPSA) is 218 Å². The van der Waals surface area contributed by atoms with Crippen LogP contribution in [-0.2, 0) is 36.8 Å². The molecule has 5 rings (SSSR count). The molecule has 68 heavy (non-hydrogen) atoms. The number of ketones is 2. The second-order valence-corrected chi connectivity index (χ2v) is 16.0. The normalized spacial score (nSPS) is 12.0. The number of rotatable bonds is 21. The average molecular weight is 1030 g/mol. The van der Waals surface area contributed by atoms with Crippen LogP contribution in [0.5, 0.6) is 11.5 Å². The van der Waals surface area contributed by atoms with E-state index in [0.717, 1.165) is 13.8 Å². The van der Waals surface area contributed by atoms with E-state index in [9.17, 15) is 28.8 Å². The zero-order valence-electron chi connectivity index (χ0n) is 36.8. The quantitative estimate of drug-likeness (QED) is 0.0314. The van der Waals surface area contributed by atoms with Crippen LogP contribution in [0.3, 0.4) is 0 Å². The number of alkyl halides is 3. The van der Waals surface area contributed by atoms with Crippen molar-refractivity contribution in [3.05, 3.63) is 129 Å². The summed E-state index contributed by atoms with van der Waals surface area (Å²) >= 11 is 31.5. The molecule has 0 aliphatic heterocycles. The molecule has 0 radical (unpaired) electrons. The lowest BCUT2D eigenvalue weighted by molar-refractivity contribution is -0.127. The highest BCUT2D eigenvalue weighted by molar-refractivity contribution is 6.37. The molecule has 5 aromatic rings. The number of nitrogens with one attached hydrogen (secondary N) is 4. The summed E-state index contributed by atoms with van der Waals surface area (Å²) in [5, 5.41) is 26.6. The van der Waals surface area contributed by atoms with Gasteiger partial charge in [-0.15, -0.1) is 34.8 Å². The number of hydrogen-bond acceptors (Lipinski definition) is 12. The van der Waals surface area contributed by atoms with Crippen molar-refractivity contribution in [3.8, 4) is 11.5 Å². The predicted octanol–water partition coefficient (Wildman–Crippen LogP) is 11.9. The third kappa shape index (κ3) is 13.6. The summed E-state index contributed by atoms with van der Waals surface area (Å²) in [6.45, 7) is 6.86. The standard InChI is InChI=1S/C47H43Cl5N8O8/c1-5-67-38-17-14-31(20-28(38)23-49)53-44(63)33-9-7-11-36(40(33)51)57-59-42(25(3)61)46(65)55-30-13-16-35(27(19-30)22-48)56-47(66)43(26(4)62)60-58-37-12-8-10-34(41(37)52)45(64)54-32-15-18-39(68-6-2)29(21-32)24-50/h7-21,42-43H,5-6,22-24H2,1-4H3,(H,53,63)(H,54,64)(H,55,65)(H,56,66). The molecule has 0 aliphatic rings. The largest absolute Gasteiger partial charge is 0.494 e. The van der Waals surface area contributed by atoms with E-state index in [4.69, 9.17) is 67.5 Å². The van der Waals surface area contributed by atoms with Gasteiger partial charge in [0.2, 0.25) is 12.1 Å². The maximum Gasteiger partial charge on any atom is 0.258 e. The van der Waals surface area contributed by atoms with Gasteiger partial charge >= 0.3 is 0 Å².